The Hall–Kier alpha value is -2.88. The van der Waals surface area contributed by atoms with Crippen LogP contribution in [0.4, 0.5) is 0 Å². The second kappa shape index (κ2) is 4.35. The van der Waals surface area contributed by atoms with Crippen LogP contribution in [0.5, 0.6) is 0 Å². The maximum atomic E-state index is 4.50. The predicted molar refractivity (Wildman–Crippen MR) is 78.1 cm³/mol. The topological polar surface area (TPSA) is 51.6 Å². The van der Waals surface area contributed by atoms with Crippen LogP contribution in [0.2, 0.25) is 0 Å². The molecule has 4 aromatic heterocycles. The Balaban J connectivity index is 2.12. The molecule has 0 aliphatic heterocycles. The van der Waals surface area contributed by atoms with E-state index in [0.29, 0.717) is 0 Å². The first-order valence-corrected chi connectivity index (χ1v) is 6.31. The van der Waals surface area contributed by atoms with Crippen molar-refractivity contribution in [3.63, 3.8) is 0 Å². The fourth-order valence-corrected chi connectivity index (χ4v) is 2.40. The number of hydrogen-bond acceptors (Lipinski definition) is 4. The minimum absolute atomic E-state index is 0.842. The van der Waals surface area contributed by atoms with Crippen molar-refractivity contribution >= 4 is 21.5 Å². The molecule has 0 aromatic carbocycles. The van der Waals surface area contributed by atoms with Gasteiger partial charge in [-0.05, 0) is 35.0 Å². The molecule has 0 N–H and O–H groups in total. The first-order valence-electron chi connectivity index (χ1n) is 6.31. The van der Waals surface area contributed by atoms with Gasteiger partial charge in [0.1, 0.15) is 0 Å². The van der Waals surface area contributed by atoms with E-state index in [1.54, 1.807) is 24.8 Å². The largest absolute Gasteiger partial charge is 0.264 e. The average molecular weight is 258 g/mol. The van der Waals surface area contributed by atoms with Gasteiger partial charge >= 0.3 is 0 Å². The first kappa shape index (κ1) is 11.0. The molecule has 0 amide bonds. The molecular weight excluding hydrogens is 248 g/mol. The molecule has 0 aliphatic carbocycles. The fourth-order valence-electron chi connectivity index (χ4n) is 2.40. The zero-order chi connectivity index (χ0) is 13.4. The molecule has 0 saturated carbocycles. The Bertz CT molecular complexity index is 830. The van der Waals surface area contributed by atoms with Crippen LogP contribution in [0.3, 0.4) is 0 Å². The predicted octanol–water partition coefficient (Wildman–Crippen LogP) is 3.24. The van der Waals surface area contributed by atoms with Gasteiger partial charge in [-0.15, -0.1) is 0 Å². The molecule has 0 radical (unpaired) electrons. The first-order chi connectivity index (χ1) is 9.93. The van der Waals surface area contributed by atoms with E-state index < -0.39 is 0 Å². The Morgan fingerprint density at radius 3 is 1.50 bits per heavy atom. The SMILES string of the molecule is c1cc2ccnc(-c3nccc4ccncc34)c2cn1. The molecular formula is C16H10N4. The molecule has 0 spiro atoms. The zero-order valence-corrected chi connectivity index (χ0v) is 10.6. The van der Waals surface area contributed by atoms with Crippen molar-refractivity contribution in [3.05, 3.63) is 61.4 Å². The third kappa shape index (κ3) is 1.62. The summed E-state index contributed by atoms with van der Waals surface area (Å²) in [5.41, 5.74) is 1.68. The summed E-state index contributed by atoms with van der Waals surface area (Å²) in [6.45, 7) is 0. The van der Waals surface area contributed by atoms with Gasteiger partial charge in [-0.25, -0.2) is 0 Å². The quantitative estimate of drug-likeness (QED) is 0.526. The Kier molecular flexibility index (Phi) is 2.39. The summed E-state index contributed by atoms with van der Waals surface area (Å²) in [6, 6.07) is 7.90. The van der Waals surface area contributed by atoms with Crippen LogP contribution in [-0.4, -0.2) is 19.9 Å². The van der Waals surface area contributed by atoms with Crippen molar-refractivity contribution in [2.75, 3.05) is 0 Å². The monoisotopic (exact) mass is 258 g/mol. The van der Waals surface area contributed by atoms with Crippen LogP contribution >= 0.6 is 0 Å². The average Bonchev–Trinajstić information content (AvgIpc) is 2.54. The summed E-state index contributed by atoms with van der Waals surface area (Å²) in [5.74, 6) is 0. The lowest BCUT2D eigenvalue weighted by molar-refractivity contribution is 1.26. The summed E-state index contributed by atoms with van der Waals surface area (Å²) >= 11 is 0. The number of fused-ring (bicyclic) bond motifs is 2. The molecule has 4 nitrogen and oxygen atoms in total. The second-order valence-electron chi connectivity index (χ2n) is 4.51. The summed E-state index contributed by atoms with van der Waals surface area (Å²) in [4.78, 5) is 17.4. The molecule has 0 aliphatic rings. The minimum Gasteiger partial charge on any atom is -0.264 e. The fraction of sp³-hybridized carbons (Fsp3) is 0. The maximum Gasteiger partial charge on any atom is 0.0986 e. The molecule has 4 heteroatoms. The lowest BCUT2D eigenvalue weighted by atomic mass is 10.1. The standard InChI is InChI=1S/C16H10N4/c1-5-17-9-13-11(1)3-7-19-15(13)16-14-10-18-6-2-12(14)4-8-20-16/h1-10H. The van der Waals surface area contributed by atoms with Gasteiger partial charge in [-0.1, -0.05) is 0 Å². The third-order valence-electron chi connectivity index (χ3n) is 3.36. The van der Waals surface area contributed by atoms with Crippen molar-refractivity contribution < 1.29 is 0 Å². The molecule has 0 unspecified atom stereocenters. The van der Waals surface area contributed by atoms with E-state index in [1.807, 2.05) is 36.7 Å². The van der Waals surface area contributed by atoms with Gasteiger partial charge in [0.05, 0.1) is 11.4 Å². The summed E-state index contributed by atoms with van der Waals surface area (Å²) in [7, 11) is 0. The van der Waals surface area contributed by atoms with Gasteiger partial charge in [0.25, 0.3) is 0 Å². The van der Waals surface area contributed by atoms with Crippen molar-refractivity contribution in [2.24, 2.45) is 0 Å². The van der Waals surface area contributed by atoms with Gasteiger partial charge in [0.2, 0.25) is 0 Å². The number of nitrogens with zero attached hydrogens (tertiary/aromatic N) is 4. The van der Waals surface area contributed by atoms with Crippen LogP contribution in [-0.2, 0) is 0 Å². The molecule has 0 bridgehead atoms. The molecule has 0 fully saturated rings. The summed E-state index contributed by atoms with van der Waals surface area (Å²) in [5, 5.41) is 4.21. The van der Waals surface area contributed by atoms with Crippen LogP contribution in [0, 0.1) is 0 Å². The smallest absolute Gasteiger partial charge is 0.0986 e. The molecule has 94 valence electrons. The highest BCUT2D eigenvalue weighted by molar-refractivity contribution is 6.01. The van der Waals surface area contributed by atoms with E-state index in [0.717, 1.165) is 32.9 Å². The lowest BCUT2D eigenvalue weighted by Crippen LogP contribution is -1.91. The maximum absolute atomic E-state index is 4.50. The number of rotatable bonds is 1. The Morgan fingerprint density at radius 1 is 0.550 bits per heavy atom. The molecule has 4 rings (SSSR count). The van der Waals surface area contributed by atoms with Crippen LogP contribution in [0.15, 0.2) is 61.4 Å². The van der Waals surface area contributed by atoms with Crippen molar-refractivity contribution in [1.29, 1.82) is 0 Å². The van der Waals surface area contributed by atoms with Gasteiger partial charge in [-0.3, -0.25) is 19.9 Å². The van der Waals surface area contributed by atoms with Gasteiger partial charge in [-0.2, -0.15) is 0 Å². The molecule has 0 saturated heterocycles. The lowest BCUT2D eigenvalue weighted by Gasteiger charge is -2.07. The van der Waals surface area contributed by atoms with E-state index in [4.69, 9.17) is 0 Å². The molecule has 20 heavy (non-hydrogen) atoms. The van der Waals surface area contributed by atoms with Crippen molar-refractivity contribution in [2.45, 2.75) is 0 Å². The van der Waals surface area contributed by atoms with Crippen LogP contribution in [0.25, 0.3) is 32.9 Å². The van der Waals surface area contributed by atoms with E-state index in [-0.39, 0.29) is 0 Å². The van der Waals surface area contributed by atoms with E-state index >= 15 is 0 Å². The highest BCUT2D eigenvalue weighted by Gasteiger charge is 2.10. The number of hydrogen-bond donors (Lipinski definition) is 0. The van der Waals surface area contributed by atoms with E-state index in [2.05, 4.69) is 19.9 Å². The molecule has 0 atom stereocenters. The van der Waals surface area contributed by atoms with Gasteiger partial charge in [0.15, 0.2) is 0 Å². The van der Waals surface area contributed by atoms with Gasteiger partial charge in [0, 0.05) is 48.0 Å². The third-order valence-corrected chi connectivity index (χ3v) is 3.36. The highest BCUT2D eigenvalue weighted by atomic mass is 14.8. The van der Waals surface area contributed by atoms with E-state index in [1.165, 1.54) is 0 Å². The highest BCUT2D eigenvalue weighted by Crippen LogP contribution is 2.29. The Morgan fingerprint density at radius 2 is 1.00 bits per heavy atom. The van der Waals surface area contributed by atoms with Crippen LogP contribution < -0.4 is 0 Å². The summed E-state index contributed by atoms with van der Waals surface area (Å²) in [6.07, 6.45) is 10.8. The second-order valence-corrected chi connectivity index (χ2v) is 4.51. The normalized spacial score (nSPS) is 11.0. The number of pyridine rings is 4. The minimum atomic E-state index is 0.842. The molecule has 4 aromatic rings. The van der Waals surface area contributed by atoms with Crippen molar-refractivity contribution in [3.8, 4) is 11.4 Å². The summed E-state index contributed by atoms with van der Waals surface area (Å²) < 4.78 is 0. The van der Waals surface area contributed by atoms with E-state index in [9.17, 15) is 0 Å². The Labute approximate surface area is 115 Å². The van der Waals surface area contributed by atoms with Gasteiger partial charge < -0.3 is 0 Å². The van der Waals surface area contributed by atoms with Crippen molar-refractivity contribution in [1.82, 2.24) is 19.9 Å². The van der Waals surface area contributed by atoms with Crippen LogP contribution in [0.1, 0.15) is 0 Å². The number of aromatic nitrogens is 4. The zero-order valence-electron chi connectivity index (χ0n) is 10.6. The molecule has 4 heterocycles.